The van der Waals surface area contributed by atoms with Crippen molar-refractivity contribution >= 4 is 0 Å². The molecular formula is C11H16O2. The summed E-state index contributed by atoms with van der Waals surface area (Å²) in [6.45, 7) is 4.44. The Hall–Kier alpha value is -1.02. The monoisotopic (exact) mass is 180 g/mol. The smallest absolute Gasteiger partial charge is 0.119 e. The minimum atomic E-state index is -0.280. The van der Waals surface area contributed by atoms with Crippen molar-refractivity contribution < 1.29 is 9.84 Å². The highest BCUT2D eigenvalue weighted by molar-refractivity contribution is 5.27. The Morgan fingerprint density at radius 3 is 2.38 bits per heavy atom. The third-order valence-electron chi connectivity index (χ3n) is 1.77. The Morgan fingerprint density at radius 2 is 1.92 bits per heavy atom. The zero-order valence-corrected chi connectivity index (χ0v) is 8.16. The summed E-state index contributed by atoms with van der Waals surface area (Å²) in [6.07, 6.45) is 0.421. The topological polar surface area (TPSA) is 29.5 Å². The molecule has 1 N–H and O–H groups in total. The van der Waals surface area contributed by atoms with E-state index in [1.54, 1.807) is 6.92 Å². The summed E-state index contributed by atoms with van der Waals surface area (Å²) in [5.74, 6) is 0.886. The summed E-state index contributed by atoms with van der Waals surface area (Å²) in [6, 6.07) is 7.83. The zero-order chi connectivity index (χ0) is 9.68. The molecule has 1 rings (SSSR count). The van der Waals surface area contributed by atoms with Gasteiger partial charge in [0, 0.05) is 0 Å². The number of aliphatic hydroxyl groups excluding tert-OH is 1. The molecule has 0 aliphatic rings. The lowest BCUT2D eigenvalue weighted by Crippen LogP contribution is -2.03. The van der Waals surface area contributed by atoms with Crippen LogP contribution < -0.4 is 4.74 Å². The van der Waals surface area contributed by atoms with Crippen molar-refractivity contribution in [2.24, 2.45) is 0 Å². The first-order valence-corrected chi connectivity index (χ1v) is 4.62. The van der Waals surface area contributed by atoms with Crippen LogP contribution >= 0.6 is 0 Å². The maximum absolute atomic E-state index is 9.15. The van der Waals surface area contributed by atoms with Crippen molar-refractivity contribution in [2.45, 2.75) is 26.4 Å². The van der Waals surface area contributed by atoms with Gasteiger partial charge in [-0.1, -0.05) is 12.1 Å². The lowest BCUT2D eigenvalue weighted by atomic mass is 10.1. The van der Waals surface area contributed by atoms with Crippen LogP contribution in [0.3, 0.4) is 0 Å². The van der Waals surface area contributed by atoms with Crippen LogP contribution in [-0.4, -0.2) is 17.8 Å². The standard InChI is InChI=1S/C11H16O2/c1-3-13-11-6-4-10(5-7-11)8-9(2)12/h4-7,9,12H,3,8H2,1-2H3/t9-/m1/s1. The number of aliphatic hydroxyl groups is 1. The van der Waals surface area contributed by atoms with Gasteiger partial charge in [0.25, 0.3) is 0 Å². The fourth-order valence-electron chi connectivity index (χ4n) is 1.23. The van der Waals surface area contributed by atoms with E-state index >= 15 is 0 Å². The second-order valence-corrected chi connectivity index (χ2v) is 3.13. The summed E-state index contributed by atoms with van der Waals surface area (Å²) in [4.78, 5) is 0. The highest BCUT2D eigenvalue weighted by Crippen LogP contribution is 2.13. The minimum Gasteiger partial charge on any atom is -0.494 e. The van der Waals surface area contributed by atoms with Gasteiger partial charge in [-0.25, -0.2) is 0 Å². The summed E-state index contributed by atoms with van der Waals surface area (Å²) >= 11 is 0. The van der Waals surface area contributed by atoms with Crippen LogP contribution in [0.2, 0.25) is 0 Å². The van der Waals surface area contributed by atoms with Gasteiger partial charge in [0.1, 0.15) is 5.75 Å². The van der Waals surface area contributed by atoms with Crippen molar-refractivity contribution in [3.8, 4) is 5.75 Å². The Morgan fingerprint density at radius 1 is 1.31 bits per heavy atom. The van der Waals surface area contributed by atoms with Crippen LogP contribution in [0.5, 0.6) is 5.75 Å². The van der Waals surface area contributed by atoms with E-state index in [-0.39, 0.29) is 6.10 Å². The van der Waals surface area contributed by atoms with Gasteiger partial charge in [0.15, 0.2) is 0 Å². The number of ether oxygens (including phenoxy) is 1. The van der Waals surface area contributed by atoms with Gasteiger partial charge in [-0.15, -0.1) is 0 Å². The van der Waals surface area contributed by atoms with E-state index in [2.05, 4.69) is 0 Å². The van der Waals surface area contributed by atoms with E-state index in [0.717, 1.165) is 11.3 Å². The van der Waals surface area contributed by atoms with Crippen LogP contribution in [0.1, 0.15) is 19.4 Å². The Labute approximate surface area is 79.2 Å². The first-order valence-electron chi connectivity index (χ1n) is 4.62. The molecule has 0 bridgehead atoms. The van der Waals surface area contributed by atoms with Gasteiger partial charge < -0.3 is 9.84 Å². The molecule has 1 aromatic rings. The van der Waals surface area contributed by atoms with Gasteiger partial charge in [-0.3, -0.25) is 0 Å². The summed E-state index contributed by atoms with van der Waals surface area (Å²) in [7, 11) is 0. The summed E-state index contributed by atoms with van der Waals surface area (Å²) < 4.78 is 5.30. The lowest BCUT2D eigenvalue weighted by molar-refractivity contribution is 0.195. The van der Waals surface area contributed by atoms with Gasteiger partial charge in [0.05, 0.1) is 12.7 Å². The Kier molecular flexibility index (Phi) is 3.77. The molecule has 0 saturated carbocycles. The molecule has 1 atom stereocenters. The molecule has 0 aliphatic carbocycles. The van der Waals surface area contributed by atoms with Gasteiger partial charge in [-0.2, -0.15) is 0 Å². The van der Waals surface area contributed by atoms with E-state index in [0.29, 0.717) is 13.0 Å². The molecule has 0 heterocycles. The molecule has 0 aliphatic heterocycles. The highest BCUT2D eigenvalue weighted by Gasteiger charge is 1.98. The largest absolute Gasteiger partial charge is 0.494 e. The van der Waals surface area contributed by atoms with Crippen LogP contribution in [0.15, 0.2) is 24.3 Å². The molecule has 0 radical (unpaired) electrons. The fourth-order valence-corrected chi connectivity index (χ4v) is 1.23. The fraction of sp³-hybridized carbons (Fsp3) is 0.455. The number of hydrogen-bond donors (Lipinski definition) is 1. The molecule has 2 heteroatoms. The van der Waals surface area contributed by atoms with Crippen LogP contribution in [0, 0.1) is 0 Å². The quantitative estimate of drug-likeness (QED) is 0.768. The predicted molar refractivity (Wildman–Crippen MR) is 53.0 cm³/mol. The average molecular weight is 180 g/mol. The van der Waals surface area contributed by atoms with Crippen molar-refractivity contribution in [2.75, 3.05) is 6.61 Å². The molecule has 2 nitrogen and oxygen atoms in total. The zero-order valence-electron chi connectivity index (χ0n) is 8.16. The SMILES string of the molecule is CCOc1ccc(C[C@@H](C)O)cc1. The highest BCUT2D eigenvalue weighted by atomic mass is 16.5. The second kappa shape index (κ2) is 4.87. The lowest BCUT2D eigenvalue weighted by Gasteiger charge is -2.06. The van der Waals surface area contributed by atoms with Gasteiger partial charge in [-0.05, 0) is 38.0 Å². The van der Waals surface area contributed by atoms with Gasteiger partial charge in [0.2, 0.25) is 0 Å². The molecule has 0 fully saturated rings. The van der Waals surface area contributed by atoms with E-state index in [9.17, 15) is 0 Å². The minimum absolute atomic E-state index is 0.280. The Bertz CT molecular complexity index is 239. The van der Waals surface area contributed by atoms with Crippen molar-refractivity contribution in [3.05, 3.63) is 29.8 Å². The number of hydrogen-bond acceptors (Lipinski definition) is 2. The second-order valence-electron chi connectivity index (χ2n) is 3.13. The predicted octanol–water partition coefficient (Wildman–Crippen LogP) is 2.01. The van der Waals surface area contributed by atoms with Crippen molar-refractivity contribution in [3.63, 3.8) is 0 Å². The molecular weight excluding hydrogens is 164 g/mol. The first kappa shape index (κ1) is 10.1. The van der Waals surface area contributed by atoms with Crippen LogP contribution in [-0.2, 0) is 6.42 Å². The van der Waals surface area contributed by atoms with Crippen LogP contribution in [0.25, 0.3) is 0 Å². The molecule has 0 saturated heterocycles. The molecule has 0 spiro atoms. The Balaban J connectivity index is 2.59. The van der Waals surface area contributed by atoms with Crippen molar-refractivity contribution in [1.29, 1.82) is 0 Å². The normalized spacial score (nSPS) is 12.5. The molecule has 0 aromatic heterocycles. The van der Waals surface area contributed by atoms with Crippen LogP contribution in [0.4, 0.5) is 0 Å². The van der Waals surface area contributed by atoms with E-state index in [1.165, 1.54) is 0 Å². The number of rotatable bonds is 4. The van der Waals surface area contributed by atoms with Crippen molar-refractivity contribution in [1.82, 2.24) is 0 Å². The molecule has 0 amide bonds. The summed E-state index contributed by atoms with van der Waals surface area (Å²) in [5.41, 5.74) is 1.14. The molecule has 0 unspecified atom stereocenters. The van der Waals surface area contributed by atoms with E-state index in [4.69, 9.17) is 9.84 Å². The summed E-state index contributed by atoms with van der Waals surface area (Å²) in [5, 5.41) is 9.15. The van der Waals surface area contributed by atoms with E-state index < -0.39 is 0 Å². The third-order valence-corrected chi connectivity index (χ3v) is 1.77. The van der Waals surface area contributed by atoms with Gasteiger partial charge >= 0.3 is 0 Å². The third kappa shape index (κ3) is 3.47. The van der Waals surface area contributed by atoms with E-state index in [1.807, 2.05) is 31.2 Å². The maximum atomic E-state index is 9.15. The molecule has 1 aromatic carbocycles. The molecule has 13 heavy (non-hydrogen) atoms. The average Bonchev–Trinajstić information content (AvgIpc) is 2.08. The number of benzene rings is 1. The first-order chi connectivity index (χ1) is 6.22. The molecule has 72 valence electrons. The maximum Gasteiger partial charge on any atom is 0.119 e.